The summed E-state index contributed by atoms with van der Waals surface area (Å²) in [5, 5.41) is 25.1. The number of nitrogens with two attached hydrogens (primary N) is 1. The maximum absolute atomic E-state index is 13.1. The first-order valence-corrected chi connectivity index (χ1v) is 13.1. The molecule has 2 atom stereocenters. The fourth-order valence-electron chi connectivity index (χ4n) is 3.78. The average molecular weight is 613 g/mol. The number of anilines is 3. The van der Waals surface area contributed by atoms with E-state index in [1.54, 1.807) is 84.9 Å². The molecule has 0 fully saturated rings. The largest absolute Gasteiger partial charge is 0.508 e. The fourth-order valence-corrected chi connectivity index (χ4v) is 4.16. The highest BCUT2D eigenvalue weighted by Crippen LogP contribution is 2.35. The molecule has 41 heavy (non-hydrogen) atoms. The van der Waals surface area contributed by atoms with Gasteiger partial charge in [-0.15, -0.1) is 0 Å². The van der Waals surface area contributed by atoms with E-state index in [0.717, 1.165) is 0 Å². The summed E-state index contributed by atoms with van der Waals surface area (Å²) >= 11 is 3.39. The minimum Gasteiger partial charge on any atom is -0.508 e. The van der Waals surface area contributed by atoms with Crippen LogP contribution in [-0.4, -0.2) is 23.2 Å². The van der Waals surface area contributed by atoms with Gasteiger partial charge in [0.1, 0.15) is 11.5 Å². The molecule has 5 N–H and O–H groups in total. The van der Waals surface area contributed by atoms with Crippen LogP contribution in [0.25, 0.3) is 0 Å². The number of nitriles is 1. The number of amides is 2. The molecule has 9 nitrogen and oxygen atoms in total. The molecule has 0 heterocycles. The van der Waals surface area contributed by atoms with Crippen LogP contribution in [0.2, 0.25) is 0 Å². The lowest BCUT2D eigenvalue weighted by Crippen LogP contribution is -2.30. The predicted molar refractivity (Wildman–Crippen MR) is 159 cm³/mol. The van der Waals surface area contributed by atoms with Gasteiger partial charge in [0.25, 0.3) is 0 Å². The Morgan fingerprint density at radius 1 is 0.951 bits per heavy atom. The maximum Gasteiger partial charge on any atom is 0.412 e. The van der Waals surface area contributed by atoms with Gasteiger partial charge in [0.2, 0.25) is 5.91 Å². The first-order valence-electron chi connectivity index (χ1n) is 12.3. The van der Waals surface area contributed by atoms with Crippen LogP contribution in [0.5, 0.6) is 11.5 Å². The molecule has 206 valence electrons. The summed E-state index contributed by atoms with van der Waals surface area (Å²) in [6.45, 7) is 0. The molecule has 0 radical (unpaired) electrons. The third kappa shape index (κ3) is 8.11. The van der Waals surface area contributed by atoms with E-state index in [4.69, 9.17) is 20.5 Å². The molecule has 0 saturated heterocycles. The van der Waals surface area contributed by atoms with E-state index in [2.05, 4.69) is 26.6 Å². The van der Waals surface area contributed by atoms with Crippen molar-refractivity contribution in [2.24, 2.45) is 0 Å². The van der Waals surface area contributed by atoms with Crippen molar-refractivity contribution in [2.45, 2.75) is 12.2 Å². The third-order valence-corrected chi connectivity index (χ3v) is 6.25. The van der Waals surface area contributed by atoms with Crippen LogP contribution in [0.1, 0.15) is 17.2 Å². The van der Waals surface area contributed by atoms with Crippen molar-refractivity contribution >= 4 is 45.0 Å². The van der Waals surface area contributed by atoms with Gasteiger partial charge in [0.15, 0.2) is 12.2 Å². The zero-order valence-electron chi connectivity index (χ0n) is 21.5. The molecule has 0 aliphatic rings. The monoisotopic (exact) mass is 612 g/mol. The van der Waals surface area contributed by atoms with Crippen molar-refractivity contribution < 1.29 is 24.2 Å². The number of hydrogen-bond acceptors (Lipinski definition) is 7. The van der Waals surface area contributed by atoms with Gasteiger partial charge in [-0.1, -0.05) is 46.3 Å². The molecule has 0 bridgehead atoms. The number of carbonyl (C=O) groups is 2. The van der Waals surface area contributed by atoms with E-state index in [9.17, 15) is 14.7 Å². The van der Waals surface area contributed by atoms with Crippen LogP contribution in [0.4, 0.5) is 21.9 Å². The number of hydrogen-bond donors (Lipinski definition) is 4. The van der Waals surface area contributed by atoms with Crippen molar-refractivity contribution in [1.82, 2.24) is 0 Å². The lowest BCUT2D eigenvalue weighted by atomic mass is 10.0. The Morgan fingerprint density at radius 3 is 2.37 bits per heavy atom. The Hall–Kier alpha value is -5.27. The quantitative estimate of drug-likeness (QED) is 0.124. The van der Waals surface area contributed by atoms with Crippen molar-refractivity contribution in [2.75, 3.05) is 16.4 Å². The summed E-state index contributed by atoms with van der Waals surface area (Å²) < 4.78 is 12.6. The highest BCUT2D eigenvalue weighted by molar-refractivity contribution is 9.10. The standard InChI is InChI=1S/C31H25BrN4O5/c32-21-12-15-27(37)24(18-21)30(41-31(39)35-22-13-10-20(19-33)11-14-22)28(40-23-6-2-1-3-7-23)16-17-29(38)36-26-9-5-4-8-25(26)34/h1-18,28,30,37H,34H2,(H,35,39)(H,36,38)/b17-16+/t28-,30-/m0/s1. The minimum atomic E-state index is -1.21. The molecular weight excluding hydrogens is 588 g/mol. The van der Waals surface area contributed by atoms with Crippen molar-refractivity contribution in [3.8, 4) is 17.6 Å². The Bertz CT molecular complexity index is 1590. The van der Waals surface area contributed by atoms with Crippen LogP contribution >= 0.6 is 15.9 Å². The molecule has 0 spiro atoms. The van der Waals surface area contributed by atoms with Crippen molar-refractivity contribution in [1.29, 1.82) is 5.26 Å². The molecule has 0 aromatic heterocycles. The molecule has 0 unspecified atom stereocenters. The van der Waals surface area contributed by atoms with Crippen LogP contribution in [0, 0.1) is 11.3 Å². The number of nitrogens with one attached hydrogen (secondary N) is 2. The van der Waals surface area contributed by atoms with E-state index in [0.29, 0.717) is 32.8 Å². The van der Waals surface area contributed by atoms with Gasteiger partial charge in [0, 0.05) is 21.8 Å². The highest BCUT2D eigenvalue weighted by atomic mass is 79.9. The lowest BCUT2D eigenvalue weighted by molar-refractivity contribution is -0.112. The van der Waals surface area contributed by atoms with Gasteiger partial charge in [-0.25, -0.2) is 4.79 Å². The van der Waals surface area contributed by atoms with Crippen LogP contribution in [0.3, 0.4) is 0 Å². The zero-order valence-corrected chi connectivity index (χ0v) is 23.1. The molecule has 4 rings (SSSR count). The van der Waals surface area contributed by atoms with Gasteiger partial charge in [-0.2, -0.15) is 5.26 Å². The smallest absolute Gasteiger partial charge is 0.412 e. The SMILES string of the molecule is N#Cc1ccc(NC(=O)O[C@@H](c2cc(Br)ccc2O)[C@H](/C=C/C(=O)Nc2ccccc2N)Oc2ccccc2)cc1. The van der Waals surface area contributed by atoms with Crippen molar-refractivity contribution in [3.05, 3.63) is 125 Å². The number of phenolic OH excluding ortho intramolecular Hbond substituents is 1. The molecule has 2 amide bonds. The molecule has 0 saturated carbocycles. The van der Waals surface area contributed by atoms with Crippen LogP contribution in [0.15, 0.2) is 114 Å². The Morgan fingerprint density at radius 2 is 1.66 bits per heavy atom. The van der Waals surface area contributed by atoms with Crippen LogP contribution in [-0.2, 0) is 9.53 Å². The summed E-state index contributed by atoms with van der Waals surface area (Å²) in [6, 6.07) is 28.5. The summed E-state index contributed by atoms with van der Waals surface area (Å²) in [7, 11) is 0. The first kappa shape index (κ1) is 28.7. The van der Waals surface area contributed by atoms with Gasteiger partial charge in [-0.3, -0.25) is 10.1 Å². The van der Waals surface area contributed by atoms with Gasteiger partial charge in [0.05, 0.1) is 23.0 Å². The fraction of sp³-hybridized carbons (Fsp3) is 0.0645. The number of aromatic hydroxyl groups is 1. The molecule has 0 aliphatic carbocycles. The second kappa shape index (κ2) is 13.7. The summed E-state index contributed by atoms with van der Waals surface area (Å²) in [4.78, 5) is 25.9. The summed E-state index contributed by atoms with van der Waals surface area (Å²) in [5.74, 6) is -0.213. The second-order valence-electron chi connectivity index (χ2n) is 8.67. The Labute approximate surface area is 245 Å². The van der Waals surface area contributed by atoms with E-state index >= 15 is 0 Å². The van der Waals surface area contributed by atoms with Gasteiger partial charge in [-0.05, 0) is 72.8 Å². The predicted octanol–water partition coefficient (Wildman–Crippen LogP) is 6.54. The number of nitrogen functional groups attached to an aromatic ring is 1. The number of nitrogens with zero attached hydrogens (tertiary/aromatic N) is 1. The van der Waals surface area contributed by atoms with Gasteiger partial charge < -0.3 is 25.6 Å². The number of benzene rings is 4. The number of rotatable bonds is 9. The lowest BCUT2D eigenvalue weighted by Gasteiger charge is -2.27. The number of ether oxygens (including phenoxy) is 2. The maximum atomic E-state index is 13.1. The summed E-state index contributed by atoms with van der Waals surface area (Å²) in [5.41, 5.74) is 7.82. The van der Waals surface area contributed by atoms with E-state index in [1.165, 1.54) is 18.2 Å². The van der Waals surface area contributed by atoms with Crippen LogP contribution < -0.4 is 21.1 Å². The third-order valence-electron chi connectivity index (χ3n) is 5.76. The van der Waals surface area contributed by atoms with E-state index < -0.39 is 24.2 Å². The van der Waals surface area contributed by atoms with E-state index in [1.807, 2.05) is 12.1 Å². The minimum absolute atomic E-state index is 0.152. The average Bonchev–Trinajstić information content (AvgIpc) is 2.97. The molecule has 4 aromatic carbocycles. The Kier molecular flexibility index (Phi) is 9.59. The number of phenols is 1. The van der Waals surface area contributed by atoms with Crippen molar-refractivity contribution in [3.63, 3.8) is 0 Å². The first-order chi connectivity index (χ1) is 19.8. The molecular formula is C31H25BrN4O5. The normalized spacial score (nSPS) is 12.1. The molecule has 10 heteroatoms. The number of halogens is 1. The highest BCUT2D eigenvalue weighted by Gasteiger charge is 2.30. The topological polar surface area (TPSA) is 147 Å². The zero-order chi connectivity index (χ0) is 29.2. The van der Waals surface area contributed by atoms with E-state index in [-0.39, 0.29) is 11.3 Å². The Balaban J connectivity index is 1.66. The number of carbonyl (C=O) groups excluding carboxylic acids is 2. The number of para-hydroxylation sites is 3. The molecule has 4 aromatic rings. The molecule has 0 aliphatic heterocycles. The van der Waals surface area contributed by atoms with Gasteiger partial charge >= 0.3 is 6.09 Å². The summed E-state index contributed by atoms with van der Waals surface area (Å²) in [6.07, 6.45) is -0.457. The second-order valence-corrected chi connectivity index (χ2v) is 9.59.